The maximum atomic E-state index is 12.2. The van der Waals surface area contributed by atoms with Gasteiger partial charge in [-0.25, -0.2) is 4.79 Å². The van der Waals surface area contributed by atoms with Crippen LogP contribution in [0, 0.1) is 16.0 Å². The van der Waals surface area contributed by atoms with Crippen LogP contribution in [0.2, 0.25) is 0 Å². The molecule has 1 N–H and O–H groups in total. The number of nitro benzene ring substituents is 1. The Bertz CT molecular complexity index is 831. The van der Waals surface area contributed by atoms with Gasteiger partial charge in [0, 0.05) is 6.07 Å². The van der Waals surface area contributed by atoms with Gasteiger partial charge in [0.25, 0.3) is 11.6 Å². The minimum absolute atomic E-state index is 0.0495. The molecule has 2 aromatic rings. The van der Waals surface area contributed by atoms with Crippen molar-refractivity contribution in [2.75, 3.05) is 5.32 Å². The van der Waals surface area contributed by atoms with Crippen molar-refractivity contribution in [2.45, 2.75) is 33.3 Å². The maximum Gasteiger partial charge on any atom is 0.338 e. The van der Waals surface area contributed by atoms with Gasteiger partial charge in [0.15, 0.2) is 6.10 Å². The Hall–Kier alpha value is -3.22. The van der Waals surface area contributed by atoms with E-state index in [2.05, 4.69) is 19.2 Å². The monoisotopic (exact) mass is 370 g/mol. The van der Waals surface area contributed by atoms with Gasteiger partial charge in [0.2, 0.25) is 0 Å². The van der Waals surface area contributed by atoms with Crippen LogP contribution in [-0.4, -0.2) is 22.9 Å². The predicted molar refractivity (Wildman–Crippen MR) is 102 cm³/mol. The lowest BCUT2D eigenvalue weighted by Gasteiger charge is -2.14. The van der Waals surface area contributed by atoms with E-state index in [-0.39, 0.29) is 11.4 Å². The number of nitro groups is 1. The van der Waals surface area contributed by atoms with Gasteiger partial charge >= 0.3 is 5.97 Å². The molecule has 7 heteroatoms. The van der Waals surface area contributed by atoms with Crippen molar-refractivity contribution in [3.05, 3.63) is 69.8 Å². The molecular formula is C20H22N2O5. The zero-order valence-corrected chi connectivity index (χ0v) is 15.5. The van der Waals surface area contributed by atoms with Crippen molar-refractivity contribution in [1.82, 2.24) is 0 Å². The highest BCUT2D eigenvalue weighted by Crippen LogP contribution is 2.23. The normalized spacial score (nSPS) is 11.7. The zero-order valence-electron chi connectivity index (χ0n) is 15.5. The number of hydrogen-bond donors (Lipinski definition) is 1. The minimum Gasteiger partial charge on any atom is -0.449 e. The number of para-hydroxylation sites is 2. The summed E-state index contributed by atoms with van der Waals surface area (Å²) in [4.78, 5) is 34.8. The van der Waals surface area contributed by atoms with E-state index in [0.29, 0.717) is 11.5 Å². The van der Waals surface area contributed by atoms with Crippen molar-refractivity contribution in [1.29, 1.82) is 0 Å². The lowest BCUT2D eigenvalue weighted by atomic mass is 10.0. The van der Waals surface area contributed by atoms with Crippen LogP contribution in [0.5, 0.6) is 0 Å². The van der Waals surface area contributed by atoms with E-state index in [1.54, 1.807) is 18.2 Å². The van der Waals surface area contributed by atoms with E-state index in [1.165, 1.54) is 25.1 Å². The fourth-order valence-electron chi connectivity index (χ4n) is 2.50. The predicted octanol–water partition coefficient (Wildman–Crippen LogP) is 3.98. The Morgan fingerprint density at radius 2 is 1.70 bits per heavy atom. The molecule has 0 saturated heterocycles. The molecule has 0 saturated carbocycles. The summed E-state index contributed by atoms with van der Waals surface area (Å²) in [5, 5.41) is 13.4. The average molecular weight is 370 g/mol. The number of nitrogens with zero attached hydrogens (tertiary/aromatic N) is 1. The largest absolute Gasteiger partial charge is 0.449 e. The number of anilines is 1. The van der Waals surface area contributed by atoms with Gasteiger partial charge < -0.3 is 10.1 Å². The molecule has 1 atom stereocenters. The van der Waals surface area contributed by atoms with E-state index in [9.17, 15) is 19.7 Å². The molecule has 0 spiro atoms. The van der Waals surface area contributed by atoms with Crippen LogP contribution in [0.15, 0.2) is 48.5 Å². The van der Waals surface area contributed by atoms with Crippen LogP contribution in [0.1, 0.15) is 36.7 Å². The van der Waals surface area contributed by atoms with Gasteiger partial charge in [-0.1, -0.05) is 38.1 Å². The molecule has 0 aromatic heterocycles. The second kappa shape index (κ2) is 8.93. The van der Waals surface area contributed by atoms with Gasteiger partial charge in [0.1, 0.15) is 5.69 Å². The third kappa shape index (κ3) is 5.64. The molecule has 2 aromatic carbocycles. The van der Waals surface area contributed by atoms with Gasteiger partial charge in [-0.3, -0.25) is 14.9 Å². The summed E-state index contributed by atoms with van der Waals surface area (Å²) in [5.74, 6) is -0.765. The fraction of sp³-hybridized carbons (Fsp3) is 0.300. The summed E-state index contributed by atoms with van der Waals surface area (Å²) < 4.78 is 5.17. The first-order chi connectivity index (χ1) is 12.8. The summed E-state index contributed by atoms with van der Waals surface area (Å²) in [7, 11) is 0. The first kappa shape index (κ1) is 20.1. The Morgan fingerprint density at radius 3 is 2.30 bits per heavy atom. The third-order valence-electron chi connectivity index (χ3n) is 3.85. The van der Waals surface area contributed by atoms with Crippen LogP contribution in [0.3, 0.4) is 0 Å². The first-order valence-corrected chi connectivity index (χ1v) is 8.62. The molecule has 1 amide bonds. The third-order valence-corrected chi connectivity index (χ3v) is 3.85. The number of nitrogens with one attached hydrogen (secondary N) is 1. The van der Waals surface area contributed by atoms with E-state index < -0.39 is 22.9 Å². The molecule has 0 unspecified atom stereocenters. The smallest absolute Gasteiger partial charge is 0.338 e. The number of rotatable bonds is 7. The van der Waals surface area contributed by atoms with E-state index in [4.69, 9.17) is 4.74 Å². The molecule has 2 rings (SSSR count). The van der Waals surface area contributed by atoms with Crippen LogP contribution in [0.4, 0.5) is 11.4 Å². The van der Waals surface area contributed by atoms with Gasteiger partial charge in [-0.05, 0) is 43.0 Å². The van der Waals surface area contributed by atoms with E-state index >= 15 is 0 Å². The number of amides is 1. The number of benzene rings is 2. The molecule has 0 bridgehead atoms. The highest BCUT2D eigenvalue weighted by Gasteiger charge is 2.22. The Kier molecular flexibility index (Phi) is 6.65. The van der Waals surface area contributed by atoms with Crippen molar-refractivity contribution < 1.29 is 19.2 Å². The van der Waals surface area contributed by atoms with Gasteiger partial charge in [-0.2, -0.15) is 0 Å². The molecule has 27 heavy (non-hydrogen) atoms. The molecular weight excluding hydrogens is 348 g/mol. The van der Waals surface area contributed by atoms with Crippen molar-refractivity contribution in [3.63, 3.8) is 0 Å². The van der Waals surface area contributed by atoms with E-state index in [0.717, 1.165) is 12.0 Å². The summed E-state index contributed by atoms with van der Waals surface area (Å²) in [6.45, 7) is 5.63. The summed E-state index contributed by atoms with van der Waals surface area (Å²) in [5.41, 5.74) is 1.27. The topological polar surface area (TPSA) is 98.5 Å². The average Bonchev–Trinajstić information content (AvgIpc) is 2.61. The van der Waals surface area contributed by atoms with Gasteiger partial charge in [-0.15, -0.1) is 0 Å². The second-order valence-corrected chi connectivity index (χ2v) is 6.61. The maximum absolute atomic E-state index is 12.2. The molecule has 0 aliphatic rings. The zero-order chi connectivity index (χ0) is 20.0. The van der Waals surface area contributed by atoms with Crippen LogP contribution < -0.4 is 5.32 Å². The van der Waals surface area contributed by atoms with Crippen LogP contribution in [0.25, 0.3) is 0 Å². The Labute approximate surface area is 157 Å². The number of esters is 1. The van der Waals surface area contributed by atoms with Crippen molar-refractivity contribution >= 4 is 23.3 Å². The molecule has 0 heterocycles. The quantitative estimate of drug-likeness (QED) is 0.451. The SMILES string of the molecule is CC(C)Cc1ccc(C(=O)O[C@@H](C)C(=O)Nc2ccccc2[N+](=O)[O-])cc1. The molecule has 0 aliphatic carbocycles. The lowest BCUT2D eigenvalue weighted by Crippen LogP contribution is -2.30. The van der Waals surface area contributed by atoms with Gasteiger partial charge in [0.05, 0.1) is 10.5 Å². The Balaban J connectivity index is 1.99. The summed E-state index contributed by atoms with van der Waals surface area (Å²) >= 11 is 0. The second-order valence-electron chi connectivity index (χ2n) is 6.61. The number of ether oxygens (including phenoxy) is 1. The molecule has 0 fully saturated rings. The van der Waals surface area contributed by atoms with Crippen molar-refractivity contribution in [2.24, 2.45) is 5.92 Å². The minimum atomic E-state index is -1.10. The molecule has 0 aliphatic heterocycles. The number of hydrogen-bond acceptors (Lipinski definition) is 5. The highest BCUT2D eigenvalue weighted by molar-refractivity contribution is 5.98. The number of carbonyl (C=O) groups is 2. The lowest BCUT2D eigenvalue weighted by molar-refractivity contribution is -0.383. The standard InChI is InChI=1S/C20H22N2O5/c1-13(2)12-15-8-10-16(11-9-15)20(24)27-14(3)19(23)21-17-6-4-5-7-18(17)22(25)26/h4-11,13-14H,12H2,1-3H3,(H,21,23)/t14-/m0/s1. The van der Waals surface area contributed by atoms with Crippen molar-refractivity contribution in [3.8, 4) is 0 Å². The number of carbonyl (C=O) groups excluding carboxylic acids is 2. The molecule has 142 valence electrons. The van der Waals surface area contributed by atoms with Crippen LogP contribution >= 0.6 is 0 Å². The van der Waals surface area contributed by atoms with Crippen LogP contribution in [-0.2, 0) is 16.0 Å². The Morgan fingerprint density at radius 1 is 1.07 bits per heavy atom. The first-order valence-electron chi connectivity index (χ1n) is 8.62. The summed E-state index contributed by atoms with van der Waals surface area (Å²) in [6.07, 6.45) is -0.197. The molecule has 0 radical (unpaired) electrons. The summed E-state index contributed by atoms with van der Waals surface area (Å²) in [6, 6.07) is 12.8. The fourth-order valence-corrected chi connectivity index (χ4v) is 2.50. The molecule has 7 nitrogen and oxygen atoms in total. The van der Waals surface area contributed by atoms with E-state index in [1.807, 2.05) is 12.1 Å². The highest BCUT2D eigenvalue weighted by atomic mass is 16.6.